The van der Waals surface area contributed by atoms with E-state index >= 15 is 0 Å². The maximum Gasteiger partial charge on any atom is 0.306 e. The van der Waals surface area contributed by atoms with Gasteiger partial charge in [0.25, 0.3) is 0 Å². The van der Waals surface area contributed by atoms with Crippen LogP contribution in [0.5, 0.6) is 0 Å². The Morgan fingerprint density at radius 2 is 0.722 bits per heavy atom. The number of carbonyl (C=O) groups excluding carboxylic acids is 3. The molecule has 0 aliphatic heterocycles. The van der Waals surface area contributed by atoms with E-state index in [0.717, 1.165) is 96.3 Å². The van der Waals surface area contributed by atoms with Crippen molar-refractivity contribution in [3.8, 4) is 0 Å². The third-order valence-electron chi connectivity index (χ3n) is 9.54. The zero-order valence-electron chi connectivity index (χ0n) is 35.5. The monoisotopic (exact) mass is 757 g/mol. The quantitative estimate of drug-likeness (QED) is 0.0268. The number of rotatable bonds is 40. The summed E-state index contributed by atoms with van der Waals surface area (Å²) >= 11 is 0. The van der Waals surface area contributed by atoms with Crippen LogP contribution < -0.4 is 0 Å². The highest BCUT2D eigenvalue weighted by Gasteiger charge is 2.19. The number of esters is 3. The lowest BCUT2D eigenvalue weighted by atomic mass is 10.1. The van der Waals surface area contributed by atoms with E-state index < -0.39 is 6.10 Å². The number of carbonyl (C=O) groups is 3. The normalized spacial score (nSPS) is 12.4. The van der Waals surface area contributed by atoms with Gasteiger partial charge >= 0.3 is 17.9 Å². The van der Waals surface area contributed by atoms with E-state index in [0.29, 0.717) is 19.3 Å². The predicted molar refractivity (Wildman–Crippen MR) is 229 cm³/mol. The largest absolute Gasteiger partial charge is 0.462 e. The molecule has 0 aromatic carbocycles. The van der Waals surface area contributed by atoms with E-state index in [-0.39, 0.29) is 31.1 Å². The molecule has 0 bridgehead atoms. The Morgan fingerprint density at radius 1 is 0.389 bits per heavy atom. The maximum atomic E-state index is 12.7. The standard InChI is InChI=1S/C48H84O6/c1-4-7-10-13-16-19-22-23-24-27-29-32-35-38-41-47(50)53-44-45(54-48(51)42-39-36-33-30-26-21-18-15-12-9-6-3)43-52-46(49)40-37-34-31-28-25-20-17-14-11-8-5-2/h7,10,14-19,45H,4-6,8-9,11-13,20-44H2,1-3H3/b10-7-,17-14-,18-15-,19-16-. The topological polar surface area (TPSA) is 78.9 Å². The van der Waals surface area contributed by atoms with Crippen LogP contribution in [0.3, 0.4) is 0 Å². The molecule has 0 aliphatic rings. The van der Waals surface area contributed by atoms with Gasteiger partial charge in [0.2, 0.25) is 0 Å². The Kier molecular flexibility index (Phi) is 41.0. The summed E-state index contributed by atoms with van der Waals surface area (Å²) in [4.78, 5) is 37.7. The highest BCUT2D eigenvalue weighted by Crippen LogP contribution is 2.13. The van der Waals surface area contributed by atoms with Crippen LogP contribution in [-0.2, 0) is 28.6 Å². The van der Waals surface area contributed by atoms with Crippen molar-refractivity contribution >= 4 is 17.9 Å². The van der Waals surface area contributed by atoms with Gasteiger partial charge in [-0.25, -0.2) is 0 Å². The Labute approximate surface area is 333 Å². The molecule has 0 fully saturated rings. The van der Waals surface area contributed by atoms with Crippen molar-refractivity contribution in [2.45, 2.75) is 226 Å². The van der Waals surface area contributed by atoms with Gasteiger partial charge in [0.1, 0.15) is 13.2 Å². The van der Waals surface area contributed by atoms with Gasteiger partial charge < -0.3 is 14.2 Å². The number of unbranched alkanes of at least 4 members (excludes halogenated alkanes) is 21. The molecule has 312 valence electrons. The molecule has 0 saturated heterocycles. The van der Waals surface area contributed by atoms with Crippen LogP contribution in [0.25, 0.3) is 0 Å². The van der Waals surface area contributed by atoms with Gasteiger partial charge in [0, 0.05) is 19.3 Å². The molecule has 0 saturated carbocycles. The van der Waals surface area contributed by atoms with Crippen LogP contribution in [0, 0.1) is 0 Å². The highest BCUT2D eigenvalue weighted by molar-refractivity contribution is 5.71. The summed E-state index contributed by atoms with van der Waals surface area (Å²) in [6.45, 7) is 6.42. The Bertz CT molecular complexity index is 964. The minimum Gasteiger partial charge on any atom is -0.462 e. The van der Waals surface area contributed by atoms with E-state index in [1.54, 1.807) is 0 Å². The van der Waals surface area contributed by atoms with Crippen LogP contribution in [0.4, 0.5) is 0 Å². The summed E-state index contributed by atoms with van der Waals surface area (Å²) in [5.41, 5.74) is 0. The first kappa shape index (κ1) is 51.4. The predicted octanol–water partition coefficient (Wildman–Crippen LogP) is 14.4. The van der Waals surface area contributed by atoms with E-state index in [1.807, 2.05) is 0 Å². The van der Waals surface area contributed by atoms with Crippen molar-refractivity contribution in [1.82, 2.24) is 0 Å². The molecule has 0 aliphatic carbocycles. The molecule has 6 heteroatoms. The summed E-state index contributed by atoms with van der Waals surface area (Å²) in [5.74, 6) is -0.913. The lowest BCUT2D eigenvalue weighted by Gasteiger charge is -2.18. The second kappa shape index (κ2) is 43.1. The summed E-state index contributed by atoms with van der Waals surface area (Å²) < 4.78 is 16.7. The van der Waals surface area contributed by atoms with Gasteiger partial charge in [0.05, 0.1) is 0 Å². The highest BCUT2D eigenvalue weighted by atomic mass is 16.6. The Balaban J connectivity index is 4.39. The average Bonchev–Trinajstić information content (AvgIpc) is 3.17. The molecule has 0 rings (SSSR count). The molecule has 0 amide bonds. The smallest absolute Gasteiger partial charge is 0.306 e. The van der Waals surface area contributed by atoms with Crippen molar-refractivity contribution in [2.24, 2.45) is 0 Å². The maximum absolute atomic E-state index is 12.7. The fourth-order valence-electron chi connectivity index (χ4n) is 6.09. The molecule has 0 spiro atoms. The lowest BCUT2D eigenvalue weighted by molar-refractivity contribution is -0.167. The zero-order valence-corrected chi connectivity index (χ0v) is 35.5. The van der Waals surface area contributed by atoms with Gasteiger partial charge in [-0.3, -0.25) is 14.4 Å². The average molecular weight is 757 g/mol. The van der Waals surface area contributed by atoms with Gasteiger partial charge in [-0.2, -0.15) is 0 Å². The molecule has 0 aromatic heterocycles. The molecular weight excluding hydrogens is 673 g/mol. The molecule has 54 heavy (non-hydrogen) atoms. The van der Waals surface area contributed by atoms with Crippen LogP contribution in [0.1, 0.15) is 220 Å². The molecule has 0 aromatic rings. The molecule has 1 unspecified atom stereocenters. The Hall–Kier alpha value is -2.63. The fourth-order valence-corrected chi connectivity index (χ4v) is 6.09. The van der Waals surface area contributed by atoms with Gasteiger partial charge in [-0.15, -0.1) is 0 Å². The molecule has 0 radical (unpaired) electrons. The minimum atomic E-state index is -0.780. The summed E-state index contributed by atoms with van der Waals surface area (Å²) in [6.07, 6.45) is 49.5. The minimum absolute atomic E-state index is 0.0835. The van der Waals surface area contributed by atoms with Crippen LogP contribution in [0.15, 0.2) is 48.6 Å². The van der Waals surface area contributed by atoms with E-state index in [4.69, 9.17) is 14.2 Å². The summed E-state index contributed by atoms with van der Waals surface area (Å²) in [7, 11) is 0. The molecule has 1 atom stereocenters. The molecule has 0 heterocycles. The van der Waals surface area contributed by atoms with Gasteiger partial charge in [-0.05, 0) is 83.5 Å². The van der Waals surface area contributed by atoms with Gasteiger partial charge in [-0.1, -0.05) is 166 Å². The first-order valence-electron chi connectivity index (χ1n) is 22.6. The first-order valence-corrected chi connectivity index (χ1v) is 22.6. The Morgan fingerprint density at radius 3 is 1.13 bits per heavy atom. The second-order valence-electron chi connectivity index (χ2n) is 14.9. The number of hydrogen-bond donors (Lipinski definition) is 0. The van der Waals surface area contributed by atoms with Crippen molar-refractivity contribution in [3.63, 3.8) is 0 Å². The van der Waals surface area contributed by atoms with Crippen LogP contribution >= 0.6 is 0 Å². The van der Waals surface area contributed by atoms with Crippen molar-refractivity contribution < 1.29 is 28.6 Å². The molecule has 0 N–H and O–H groups in total. The first-order chi connectivity index (χ1) is 26.5. The number of ether oxygens (including phenoxy) is 3. The fraction of sp³-hybridized carbons (Fsp3) is 0.771. The third-order valence-corrected chi connectivity index (χ3v) is 9.54. The SMILES string of the molecule is CC/C=C\C/C=C\CCCCCCCCCC(=O)OCC(COC(=O)CCCCCCC/C=C\CCCC)OC(=O)CCCCCCC/C=C\CCCC. The van der Waals surface area contributed by atoms with Crippen molar-refractivity contribution in [1.29, 1.82) is 0 Å². The third kappa shape index (κ3) is 40.6. The van der Waals surface area contributed by atoms with E-state index in [1.165, 1.54) is 83.5 Å². The zero-order chi connectivity index (χ0) is 39.4. The van der Waals surface area contributed by atoms with Crippen LogP contribution in [0.2, 0.25) is 0 Å². The number of allylic oxidation sites excluding steroid dienone is 8. The van der Waals surface area contributed by atoms with Crippen molar-refractivity contribution in [3.05, 3.63) is 48.6 Å². The summed E-state index contributed by atoms with van der Waals surface area (Å²) in [5, 5.41) is 0. The molecular formula is C48H84O6. The second-order valence-corrected chi connectivity index (χ2v) is 14.9. The van der Waals surface area contributed by atoms with E-state index in [2.05, 4.69) is 69.4 Å². The van der Waals surface area contributed by atoms with E-state index in [9.17, 15) is 14.4 Å². The summed E-state index contributed by atoms with van der Waals surface area (Å²) in [6, 6.07) is 0. The molecule has 6 nitrogen and oxygen atoms in total. The lowest BCUT2D eigenvalue weighted by Crippen LogP contribution is -2.30. The van der Waals surface area contributed by atoms with Crippen LogP contribution in [-0.4, -0.2) is 37.2 Å². The number of hydrogen-bond acceptors (Lipinski definition) is 6. The van der Waals surface area contributed by atoms with Crippen molar-refractivity contribution in [2.75, 3.05) is 13.2 Å². The van der Waals surface area contributed by atoms with Gasteiger partial charge in [0.15, 0.2) is 6.10 Å².